The van der Waals surface area contributed by atoms with E-state index in [-0.39, 0.29) is 11.0 Å². The van der Waals surface area contributed by atoms with E-state index < -0.39 is 0 Å². The van der Waals surface area contributed by atoms with Crippen molar-refractivity contribution in [1.82, 2.24) is 20.3 Å². The Hall–Kier alpha value is -3.78. The summed E-state index contributed by atoms with van der Waals surface area (Å²) >= 11 is 5.40. The van der Waals surface area contributed by atoms with Crippen molar-refractivity contribution in [2.24, 2.45) is 0 Å². The first-order valence-corrected chi connectivity index (χ1v) is 11.4. The van der Waals surface area contributed by atoms with Gasteiger partial charge in [0, 0.05) is 5.69 Å². The van der Waals surface area contributed by atoms with Gasteiger partial charge in [-0.25, -0.2) is 0 Å². The lowest BCUT2D eigenvalue weighted by Crippen LogP contribution is -2.34. The Bertz CT molecular complexity index is 1380. The summed E-state index contributed by atoms with van der Waals surface area (Å²) in [6.45, 7) is 8.16. The first-order valence-electron chi connectivity index (χ1n) is 11.0. The van der Waals surface area contributed by atoms with Gasteiger partial charge < -0.3 is 10.1 Å². The fourth-order valence-electron chi connectivity index (χ4n) is 3.74. The molecule has 4 aromatic rings. The number of nitrogens with one attached hydrogen (secondary N) is 2. The van der Waals surface area contributed by atoms with E-state index in [1.165, 1.54) is 5.56 Å². The average molecular weight is 474 g/mol. The number of benzene rings is 3. The fourth-order valence-corrected chi connectivity index (χ4v) is 3.94. The SMILES string of the molecule is COc1c(C)cccc1C(=O)NC(=S)Nc1cc2nn(-c3ccc(C(C)C)cc3)nc2cc1C. The van der Waals surface area contributed by atoms with Gasteiger partial charge in [0.25, 0.3) is 5.91 Å². The first-order chi connectivity index (χ1) is 16.3. The Morgan fingerprint density at radius 3 is 2.32 bits per heavy atom. The molecule has 1 aromatic heterocycles. The van der Waals surface area contributed by atoms with E-state index in [2.05, 4.69) is 46.8 Å². The summed E-state index contributed by atoms with van der Waals surface area (Å²) in [5, 5.41) is 15.3. The van der Waals surface area contributed by atoms with Gasteiger partial charge in [-0.3, -0.25) is 10.1 Å². The number of anilines is 1. The third-order valence-corrected chi connectivity index (χ3v) is 5.86. The summed E-state index contributed by atoms with van der Waals surface area (Å²) < 4.78 is 5.38. The Labute approximate surface area is 204 Å². The van der Waals surface area contributed by atoms with Gasteiger partial charge in [0.05, 0.1) is 18.4 Å². The number of hydrogen-bond acceptors (Lipinski definition) is 5. The van der Waals surface area contributed by atoms with Crippen molar-refractivity contribution in [2.45, 2.75) is 33.6 Å². The minimum atomic E-state index is -0.340. The number of amides is 1. The molecular weight excluding hydrogens is 446 g/mol. The van der Waals surface area contributed by atoms with Crippen LogP contribution >= 0.6 is 12.2 Å². The number of rotatable bonds is 5. The maximum absolute atomic E-state index is 12.8. The number of ether oxygens (including phenoxy) is 1. The predicted molar refractivity (Wildman–Crippen MR) is 139 cm³/mol. The quantitative estimate of drug-likeness (QED) is 0.383. The van der Waals surface area contributed by atoms with Gasteiger partial charge in [0.1, 0.15) is 16.8 Å². The molecule has 7 nitrogen and oxygen atoms in total. The third kappa shape index (κ3) is 4.77. The molecule has 0 saturated heterocycles. The van der Waals surface area contributed by atoms with Crippen molar-refractivity contribution >= 4 is 40.0 Å². The lowest BCUT2D eigenvalue weighted by atomic mass is 10.0. The Kier molecular flexibility index (Phi) is 6.61. The van der Waals surface area contributed by atoms with Gasteiger partial charge in [-0.1, -0.05) is 38.1 Å². The lowest BCUT2D eigenvalue weighted by molar-refractivity contribution is 0.0974. The van der Waals surface area contributed by atoms with E-state index in [4.69, 9.17) is 17.0 Å². The molecule has 3 aromatic carbocycles. The van der Waals surface area contributed by atoms with E-state index in [0.717, 1.165) is 33.5 Å². The van der Waals surface area contributed by atoms with Gasteiger partial charge in [-0.05, 0) is 79.0 Å². The number of para-hydroxylation sites is 1. The lowest BCUT2D eigenvalue weighted by Gasteiger charge is -2.14. The van der Waals surface area contributed by atoms with E-state index in [9.17, 15) is 4.79 Å². The molecule has 0 unspecified atom stereocenters. The van der Waals surface area contributed by atoms with Gasteiger partial charge in [-0.2, -0.15) is 4.80 Å². The molecule has 34 heavy (non-hydrogen) atoms. The molecule has 8 heteroatoms. The van der Waals surface area contributed by atoms with Gasteiger partial charge in [0.15, 0.2) is 5.11 Å². The van der Waals surface area contributed by atoms with Gasteiger partial charge in [0.2, 0.25) is 0 Å². The van der Waals surface area contributed by atoms with Crippen molar-refractivity contribution in [3.05, 3.63) is 76.9 Å². The highest BCUT2D eigenvalue weighted by atomic mass is 32.1. The molecule has 0 saturated carbocycles. The summed E-state index contributed by atoms with van der Waals surface area (Å²) in [6, 6.07) is 17.4. The van der Waals surface area contributed by atoms with Crippen molar-refractivity contribution in [2.75, 3.05) is 12.4 Å². The molecule has 0 spiro atoms. The number of hydrogen-bond donors (Lipinski definition) is 2. The molecule has 0 bridgehead atoms. The Morgan fingerprint density at radius 1 is 1.00 bits per heavy atom. The van der Waals surface area contributed by atoms with Crippen LogP contribution in [-0.4, -0.2) is 33.1 Å². The molecular formula is C26H27N5O2S. The minimum absolute atomic E-state index is 0.188. The molecule has 0 atom stereocenters. The highest BCUT2D eigenvalue weighted by Crippen LogP contribution is 2.24. The first kappa shape index (κ1) is 23.4. The van der Waals surface area contributed by atoms with E-state index >= 15 is 0 Å². The van der Waals surface area contributed by atoms with Crippen molar-refractivity contribution in [1.29, 1.82) is 0 Å². The second kappa shape index (κ2) is 9.61. The number of aryl methyl sites for hydroxylation is 2. The zero-order valence-corrected chi connectivity index (χ0v) is 20.7. The zero-order chi connectivity index (χ0) is 24.4. The molecule has 2 N–H and O–H groups in total. The van der Waals surface area contributed by atoms with Crippen molar-refractivity contribution < 1.29 is 9.53 Å². The zero-order valence-electron chi connectivity index (χ0n) is 19.8. The van der Waals surface area contributed by atoms with Gasteiger partial charge in [-0.15, -0.1) is 10.2 Å². The minimum Gasteiger partial charge on any atom is -0.496 e. The fraction of sp³-hybridized carbons (Fsp3) is 0.231. The maximum atomic E-state index is 12.8. The maximum Gasteiger partial charge on any atom is 0.261 e. The van der Waals surface area contributed by atoms with Crippen LogP contribution < -0.4 is 15.4 Å². The van der Waals surface area contributed by atoms with Crippen LogP contribution in [0.2, 0.25) is 0 Å². The molecule has 0 aliphatic rings. The number of methoxy groups -OCH3 is 1. The number of thiocarbonyl (C=S) groups is 1. The van der Waals surface area contributed by atoms with Crippen molar-refractivity contribution in [3.63, 3.8) is 0 Å². The topological polar surface area (TPSA) is 81.1 Å². The second-order valence-corrected chi connectivity index (χ2v) is 8.86. The van der Waals surface area contributed by atoms with Crippen LogP contribution in [0.5, 0.6) is 5.75 Å². The summed E-state index contributed by atoms with van der Waals surface area (Å²) in [5.74, 6) is 0.650. The van der Waals surface area contributed by atoms with Crippen LogP contribution in [0.1, 0.15) is 46.8 Å². The number of fused-ring (bicyclic) bond motifs is 1. The normalized spacial score (nSPS) is 11.0. The Balaban J connectivity index is 1.53. The molecule has 1 amide bonds. The highest BCUT2D eigenvalue weighted by Gasteiger charge is 2.16. The number of nitrogens with zero attached hydrogens (tertiary/aromatic N) is 3. The van der Waals surface area contributed by atoms with Crippen molar-refractivity contribution in [3.8, 4) is 11.4 Å². The predicted octanol–water partition coefficient (Wildman–Crippen LogP) is 5.30. The molecule has 4 rings (SSSR count). The monoisotopic (exact) mass is 473 g/mol. The number of carbonyl (C=O) groups is 1. The molecule has 0 aliphatic carbocycles. The van der Waals surface area contributed by atoms with Gasteiger partial charge >= 0.3 is 0 Å². The van der Waals surface area contributed by atoms with Crippen LogP contribution in [0.25, 0.3) is 16.7 Å². The molecule has 0 radical (unpaired) electrons. The van der Waals surface area contributed by atoms with Crippen LogP contribution in [0, 0.1) is 13.8 Å². The Morgan fingerprint density at radius 2 is 1.68 bits per heavy atom. The van der Waals surface area contributed by atoms with Crippen LogP contribution in [0.4, 0.5) is 5.69 Å². The highest BCUT2D eigenvalue weighted by molar-refractivity contribution is 7.80. The van der Waals surface area contributed by atoms with Crippen LogP contribution in [0.15, 0.2) is 54.6 Å². The van der Waals surface area contributed by atoms with E-state index in [1.807, 2.05) is 44.2 Å². The van der Waals surface area contributed by atoms with E-state index in [1.54, 1.807) is 24.0 Å². The summed E-state index contributed by atoms with van der Waals surface area (Å²) in [6.07, 6.45) is 0. The number of aromatic nitrogens is 3. The largest absolute Gasteiger partial charge is 0.496 e. The number of carbonyl (C=O) groups excluding carboxylic acids is 1. The third-order valence-electron chi connectivity index (χ3n) is 5.65. The summed E-state index contributed by atoms with van der Waals surface area (Å²) in [4.78, 5) is 14.4. The van der Waals surface area contributed by atoms with Crippen LogP contribution in [-0.2, 0) is 0 Å². The second-order valence-electron chi connectivity index (χ2n) is 8.46. The van der Waals surface area contributed by atoms with Crippen LogP contribution in [0.3, 0.4) is 0 Å². The summed E-state index contributed by atoms with van der Waals surface area (Å²) in [7, 11) is 1.54. The molecule has 0 aliphatic heterocycles. The average Bonchev–Trinajstić information content (AvgIpc) is 3.21. The molecule has 1 heterocycles. The van der Waals surface area contributed by atoms with E-state index in [0.29, 0.717) is 17.2 Å². The molecule has 0 fully saturated rings. The summed E-state index contributed by atoms with van der Waals surface area (Å²) in [5.41, 5.74) is 6.62. The standard InChI is InChI=1S/C26H27N5O2S/c1-15(2)18-9-11-19(12-10-18)31-29-22-13-17(4)21(14-23(22)30-31)27-26(34)28-25(32)20-8-6-7-16(3)24(20)33-5/h6-15H,1-5H3,(H2,27,28,32,34). The molecule has 174 valence electrons. The smallest absolute Gasteiger partial charge is 0.261 e.